The molecule has 0 spiro atoms. The van der Waals surface area contributed by atoms with Crippen LogP contribution < -0.4 is 0 Å². The lowest BCUT2D eigenvalue weighted by Gasteiger charge is -2.24. The molecule has 0 saturated carbocycles. The van der Waals surface area contributed by atoms with Crippen LogP contribution in [0.5, 0.6) is 0 Å². The van der Waals surface area contributed by atoms with Crippen LogP contribution >= 0.6 is 0 Å². The minimum atomic E-state index is -5.67. The molecule has 1 atom stereocenters. The monoisotopic (exact) mass is 206 g/mol. The minimum absolute atomic E-state index is 0.146. The first-order chi connectivity index (χ1) is 5.73. The van der Waals surface area contributed by atoms with E-state index in [1.165, 1.54) is 0 Å². The van der Waals surface area contributed by atoms with Crippen LogP contribution in [0.3, 0.4) is 0 Å². The van der Waals surface area contributed by atoms with Gasteiger partial charge < -0.3 is 5.11 Å². The molecule has 6 heteroatoms. The number of hydrogen-bond donors (Lipinski definition) is 1. The second-order valence-corrected chi connectivity index (χ2v) is 2.78. The Morgan fingerprint density at radius 1 is 1.15 bits per heavy atom. The van der Waals surface area contributed by atoms with Crippen molar-refractivity contribution in [3.8, 4) is 0 Å². The summed E-state index contributed by atoms with van der Waals surface area (Å²) in [5, 5.41) is 8.57. The molecule has 0 fully saturated rings. The highest BCUT2D eigenvalue weighted by molar-refractivity contribution is 4.83. The molecule has 0 aromatic heterocycles. The molecule has 1 nitrogen and oxygen atoms in total. The fourth-order valence-corrected chi connectivity index (χ4v) is 0.768. The summed E-state index contributed by atoms with van der Waals surface area (Å²) in [6.07, 6.45) is -8.23. The average molecular weight is 206 g/mol. The zero-order chi connectivity index (χ0) is 10.7. The first-order valence-electron chi connectivity index (χ1n) is 3.86. The van der Waals surface area contributed by atoms with Gasteiger partial charge in [0.05, 0.1) is 0 Å². The van der Waals surface area contributed by atoms with Gasteiger partial charge in [0.15, 0.2) is 0 Å². The summed E-state index contributed by atoms with van der Waals surface area (Å²) in [6.45, 7) is 1.64. The molecule has 0 aromatic carbocycles. The van der Waals surface area contributed by atoms with E-state index in [1.807, 2.05) is 0 Å². The Kier molecular flexibility index (Phi) is 4.09. The third-order valence-corrected chi connectivity index (χ3v) is 1.63. The standard InChI is InChI=1S/C7H11F5O/c1-2-3-4-5(13)6(8,9)7(10,11)12/h5,13H,2-4H2,1H3. The molecule has 0 aliphatic heterocycles. The summed E-state index contributed by atoms with van der Waals surface area (Å²) in [4.78, 5) is 0. The van der Waals surface area contributed by atoms with E-state index in [4.69, 9.17) is 5.11 Å². The van der Waals surface area contributed by atoms with Gasteiger partial charge in [-0.25, -0.2) is 0 Å². The molecule has 0 saturated heterocycles. The predicted molar refractivity (Wildman–Crippen MR) is 36.5 cm³/mol. The molecule has 1 N–H and O–H groups in total. The number of halogens is 5. The SMILES string of the molecule is CCCCC(O)C(F)(F)C(F)(F)F. The largest absolute Gasteiger partial charge is 0.456 e. The summed E-state index contributed by atoms with van der Waals surface area (Å²) in [5.74, 6) is -5.00. The number of unbranched alkanes of at least 4 members (excludes halogenated alkanes) is 1. The van der Waals surface area contributed by atoms with Crippen molar-refractivity contribution < 1.29 is 27.1 Å². The average Bonchev–Trinajstić information content (AvgIpc) is 1.97. The summed E-state index contributed by atoms with van der Waals surface area (Å²) >= 11 is 0. The predicted octanol–water partition coefficient (Wildman–Crippen LogP) is 2.74. The number of hydrogen-bond acceptors (Lipinski definition) is 1. The first-order valence-corrected chi connectivity index (χ1v) is 3.86. The van der Waals surface area contributed by atoms with Crippen molar-refractivity contribution in [2.24, 2.45) is 0 Å². The van der Waals surface area contributed by atoms with Crippen LogP contribution in [0.1, 0.15) is 26.2 Å². The highest BCUT2D eigenvalue weighted by atomic mass is 19.4. The van der Waals surface area contributed by atoms with Crippen LogP contribution in [-0.2, 0) is 0 Å². The zero-order valence-corrected chi connectivity index (χ0v) is 7.04. The third-order valence-electron chi connectivity index (χ3n) is 1.63. The zero-order valence-electron chi connectivity index (χ0n) is 7.04. The summed E-state index contributed by atoms with van der Waals surface area (Å²) < 4.78 is 59.3. The van der Waals surface area contributed by atoms with Crippen LogP contribution in [0.2, 0.25) is 0 Å². The maximum atomic E-state index is 12.3. The lowest BCUT2D eigenvalue weighted by atomic mass is 10.1. The van der Waals surface area contributed by atoms with Gasteiger partial charge in [0, 0.05) is 0 Å². The number of rotatable bonds is 4. The van der Waals surface area contributed by atoms with Crippen molar-refractivity contribution in [3.63, 3.8) is 0 Å². The van der Waals surface area contributed by atoms with Gasteiger partial charge in [-0.15, -0.1) is 0 Å². The Labute approximate surface area is 72.6 Å². The van der Waals surface area contributed by atoms with Crippen LogP contribution in [0.4, 0.5) is 22.0 Å². The summed E-state index contributed by atoms with van der Waals surface area (Å²) in [5.41, 5.74) is 0. The van der Waals surface area contributed by atoms with E-state index in [9.17, 15) is 22.0 Å². The molecule has 0 aliphatic rings. The molecular weight excluding hydrogens is 195 g/mol. The molecular formula is C7H11F5O. The maximum absolute atomic E-state index is 12.3. The van der Waals surface area contributed by atoms with E-state index in [2.05, 4.69) is 0 Å². The van der Waals surface area contributed by atoms with Gasteiger partial charge in [-0.3, -0.25) is 0 Å². The highest BCUT2D eigenvalue weighted by Gasteiger charge is 2.61. The minimum Gasteiger partial charge on any atom is -0.386 e. The molecule has 80 valence electrons. The van der Waals surface area contributed by atoms with Crippen molar-refractivity contribution in [1.29, 1.82) is 0 Å². The smallest absolute Gasteiger partial charge is 0.386 e. The second-order valence-electron chi connectivity index (χ2n) is 2.78. The van der Waals surface area contributed by atoms with Crippen molar-refractivity contribution in [2.45, 2.75) is 44.4 Å². The molecule has 0 aliphatic carbocycles. The Balaban J connectivity index is 4.27. The highest BCUT2D eigenvalue weighted by Crippen LogP contribution is 2.39. The Hall–Kier alpha value is -0.390. The van der Waals surface area contributed by atoms with Crippen molar-refractivity contribution in [2.75, 3.05) is 0 Å². The van der Waals surface area contributed by atoms with E-state index in [1.54, 1.807) is 6.92 Å². The Morgan fingerprint density at radius 3 is 1.92 bits per heavy atom. The lowest BCUT2D eigenvalue weighted by molar-refractivity contribution is -0.313. The molecule has 0 aromatic rings. The van der Waals surface area contributed by atoms with Crippen LogP contribution in [0, 0.1) is 0 Å². The van der Waals surface area contributed by atoms with E-state index in [0.717, 1.165) is 0 Å². The van der Waals surface area contributed by atoms with E-state index in [0.29, 0.717) is 6.42 Å². The molecule has 1 unspecified atom stereocenters. The molecule has 13 heavy (non-hydrogen) atoms. The van der Waals surface area contributed by atoms with E-state index in [-0.39, 0.29) is 6.42 Å². The van der Waals surface area contributed by atoms with Crippen LogP contribution in [0.25, 0.3) is 0 Å². The maximum Gasteiger partial charge on any atom is 0.456 e. The summed E-state index contributed by atoms with van der Waals surface area (Å²) in [7, 11) is 0. The molecule has 0 bridgehead atoms. The quantitative estimate of drug-likeness (QED) is 0.701. The van der Waals surface area contributed by atoms with Gasteiger partial charge in [-0.05, 0) is 6.42 Å². The van der Waals surface area contributed by atoms with Gasteiger partial charge in [-0.1, -0.05) is 19.8 Å². The van der Waals surface area contributed by atoms with Crippen LogP contribution in [0.15, 0.2) is 0 Å². The van der Waals surface area contributed by atoms with Gasteiger partial charge >= 0.3 is 12.1 Å². The van der Waals surface area contributed by atoms with E-state index >= 15 is 0 Å². The Bertz CT molecular complexity index is 153. The third kappa shape index (κ3) is 3.10. The Morgan fingerprint density at radius 2 is 1.62 bits per heavy atom. The first kappa shape index (κ1) is 12.6. The number of aliphatic hydroxyl groups excluding tert-OH is 1. The van der Waals surface area contributed by atoms with E-state index < -0.39 is 24.6 Å². The van der Waals surface area contributed by atoms with Gasteiger partial charge in [0.1, 0.15) is 6.10 Å². The fraction of sp³-hybridized carbons (Fsp3) is 1.00. The number of aliphatic hydroxyl groups is 1. The van der Waals surface area contributed by atoms with Crippen molar-refractivity contribution in [3.05, 3.63) is 0 Å². The van der Waals surface area contributed by atoms with Crippen LogP contribution in [-0.4, -0.2) is 23.3 Å². The van der Waals surface area contributed by atoms with Crippen molar-refractivity contribution >= 4 is 0 Å². The van der Waals surface area contributed by atoms with Gasteiger partial charge in [-0.2, -0.15) is 22.0 Å². The fourth-order valence-electron chi connectivity index (χ4n) is 0.768. The van der Waals surface area contributed by atoms with Crippen molar-refractivity contribution in [1.82, 2.24) is 0 Å². The lowest BCUT2D eigenvalue weighted by Crippen LogP contribution is -2.46. The molecule has 0 heterocycles. The number of alkyl halides is 5. The van der Waals surface area contributed by atoms with Gasteiger partial charge in [0.2, 0.25) is 0 Å². The normalized spacial score (nSPS) is 15.9. The van der Waals surface area contributed by atoms with Gasteiger partial charge in [0.25, 0.3) is 0 Å². The molecule has 0 rings (SSSR count). The topological polar surface area (TPSA) is 20.2 Å². The molecule has 0 amide bonds. The molecule has 0 radical (unpaired) electrons. The summed E-state index contributed by atoms with van der Waals surface area (Å²) in [6, 6.07) is 0. The second kappa shape index (κ2) is 4.21.